The molecule has 1 amide bonds. The SMILES string of the molecule is CC[C@@H](C)C(NC(=O)[C@@H](O)C(N)CC1CCCCC1)C(=O)O.Cl. The van der Waals surface area contributed by atoms with Crippen LogP contribution in [0.25, 0.3) is 0 Å². The Hall–Kier alpha value is -0.850. The lowest BCUT2D eigenvalue weighted by atomic mass is 9.84. The zero-order valence-electron chi connectivity index (χ0n) is 14.0. The summed E-state index contributed by atoms with van der Waals surface area (Å²) in [4.78, 5) is 23.3. The van der Waals surface area contributed by atoms with Gasteiger partial charge in [-0.1, -0.05) is 52.4 Å². The number of halogens is 1. The van der Waals surface area contributed by atoms with Crippen molar-refractivity contribution in [2.75, 3.05) is 0 Å². The molecular formula is C16H31ClN2O4. The maximum absolute atomic E-state index is 12.1. The van der Waals surface area contributed by atoms with Crippen molar-refractivity contribution in [2.45, 2.75) is 77.0 Å². The molecule has 1 rings (SSSR count). The van der Waals surface area contributed by atoms with Gasteiger partial charge in [-0.2, -0.15) is 0 Å². The van der Waals surface area contributed by atoms with Gasteiger partial charge in [0.2, 0.25) is 0 Å². The summed E-state index contributed by atoms with van der Waals surface area (Å²) in [5, 5.41) is 21.7. The Morgan fingerprint density at radius 3 is 2.30 bits per heavy atom. The number of carboxylic acid groups (broad SMARTS) is 1. The van der Waals surface area contributed by atoms with Crippen molar-refractivity contribution in [3.8, 4) is 0 Å². The van der Waals surface area contributed by atoms with E-state index in [9.17, 15) is 19.8 Å². The van der Waals surface area contributed by atoms with Gasteiger partial charge in [-0.05, 0) is 18.3 Å². The van der Waals surface area contributed by atoms with E-state index in [1.807, 2.05) is 6.92 Å². The monoisotopic (exact) mass is 350 g/mol. The molecule has 0 saturated heterocycles. The normalized spacial score (nSPS) is 20.7. The summed E-state index contributed by atoms with van der Waals surface area (Å²) >= 11 is 0. The molecule has 2 unspecified atom stereocenters. The summed E-state index contributed by atoms with van der Waals surface area (Å²) in [6.07, 6.45) is 5.65. The minimum Gasteiger partial charge on any atom is -0.480 e. The largest absolute Gasteiger partial charge is 0.480 e. The van der Waals surface area contributed by atoms with E-state index >= 15 is 0 Å². The number of aliphatic hydroxyl groups excluding tert-OH is 1. The number of carbonyl (C=O) groups is 2. The lowest BCUT2D eigenvalue weighted by molar-refractivity contribution is -0.145. The third-order valence-electron chi connectivity index (χ3n) is 4.78. The van der Waals surface area contributed by atoms with Crippen molar-refractivity contribution in [1.82, 2.24) is 5.32 Å². The van der Waals surface area contributed by atoms with Gasteiger partial charge in [-0.3, -0.25) is 4.79 Å². The highest BCUT2D eigenvalue weighted by molar-refractivity contribution is 5.86. The second kappa shape index (κ2) is 10.8. The highest BCUT2D eigenvalue weighted by Crippen LogP contribution is 2.27. The molecule has 0 aromatic heterocycles. The van der Waals surface area contributed by atoms with Crippen LogP contribution in [-0.4, -0.2) is 40.3 Å². The molecule has 136 valence electrons. The van der Waals surface area contributed by atoms with Crippen LogP contribution in [-0.2, 0) is 9.59 Å². The van der Waals surface area contributed by atoms with Crippen molar-refractivity contribution in [3.05, 3.63) is 0 Å². The van der Waals surface area contributed by atoms with Crippen LogP contribution < -0.4 is 11.1 Å². The summed E-state index contributed by atoms with van der Waals surface area (Å²) in [5.41, 5.74) is 5.95. The molecule has 7 heteroatoms. The van der Waals surface area contributed by atoms with E-state index in [0.29, 0.717) is 18.8 Å². The quantitative estimate of drug-likeness (QED) is 0.532. The van der Waals surface area contributed by atoms with Crippen LogP contribution in [0.15, 0.2) is 0 Å². The fraction of sp³-hybridized carbons (Fsp3) is 0.875. The van der Waals surface area contributed by atoms with Crippen LogP contribution in [0.5, 0.6) is 0 Å². The highest BCUT2D eigenvalue weighted by Gasteiger charge is 2.31. The first-order valence-corrected chi connectivity index (χ1v) is 8.33. The van der Waals surface area contributed by atoms with Crippen LogP contribution in [0.3, 0.4) is 0 Å². The number of aliphatic hydroxyl groups is 1. The van der Waals surface area contributed by atoms with Crippen molar-refractivity contribution in [1.29, 1.82) is 0 Å². The molecule has 1 aliphatic rings. The maximum Gasteiger partial charge on any atom is 0.326 e. The van der Waals surface area contributed by atoms with Gasteiger partial charge in [0.05, 0.1) is 0 Å². The Morgan fingerprint density at radius 1 is 1.26 bits per heavy atom. The maximum atomic E-state index is 12.1. The number of hydrogen-bond donors (Lipinski definition) is 4. The molecule has 5 N–H and O–H groups in total. The van der Waals surface area contributed by atoms with Crippen LogP contribution in [0.2, 0.25) is 0 Å². The molecule has 1 aliphatic carbocycles. The molecule has 1 fully saturated rings. The molecule has 6 nitrogen and oxygen atoms in total. The first-order chi connectivity index (χ1) is 10.4. The van der Waals surface area contributed by atoms with Crippen LogP contribution in [0.4, 0.5) is 0 Å². The van der Waals surface area contributed by atoms with Gasteiger partial charge in [-0.15, -0.1) is 12.4 Å². The molecule has 0 bridgehead atoms. The van der Waals surface area contributed by atoms with Crippen LogP contribution >= 0.6 is 12.4 Å². The van der Waals surface area contributed by atoms with E-state index in [1.165, 1.54) is 19.3 Å². The fourth-order valence-electron chi connectivity index (χ4n) is 3.05. The summed E-state index contributed by atoms with van der Waals surface area (Å²) in [6.45, 7) is 3.62. The van der Waals surface area contributed by atoms with E-state index in [1.54, 1.807) is 6.92 Å². The van der Waals surface area contributed by atoms with Crippen molar-refractivity contribution in [3.63, 3.8) is 0 Å². The van der Waals surface area contributed by atoms with Gasteiger partial charge in [0.1, 0.15) is 12.1 Å². The molecule has 1 saturated carbocycles. The van der Waals surface area contributed by atoms with E-state index in [0.717, 1.165) is 12.8 Å². The average Bonchev–Trinajstić information content (AvgIpc) is 2.51. The second-order valence-corrected chi connectivity index (χ2v) is 6.56. The lowest BCUT2D eigenvalue weighted by Gasteiger charge is -2.28. The number of amides is 1. The Morgan fingerprint density at radius 2 is 1.83 bits per heavy atom. The van der Waals surface area contributed by atoms with Gasteiger partial charge in [0, 0.05) is 6.04 Å². The molecule has 23 heavy (non-hydrogen) atoms. The van der Waals surface area contributed by atoms with Crippen molar-refractivity contribution in [2.24, 2.45) is 17.6 Å². The number of hydrogen-bond acceptors (Lipinski definition) is 4. The number of nitrogens with two attached hydrogens (primary N) is 1. The number of aliphatic carboxylic acids is 1. The zero-order valence-corrected chi connectivity index (χ0v) is 14.8. The van der Waals surface area contributed by atoms with Gasteiger partial charge < -0.3 is 21.3 Å². The Labute approximate surface area is 144 Å². The standard InChI is InChI=1S/C16H30N2O4.ClH/c1-3-10(2)13(16(21)22)18-15(20)14(19)12(17)9-11-7-5-4-6-8-11;/h10-14,19H,3-9,17H2,1-2H3,(H,18,20)(H,21,22);1H/t10-,12?,13?,14+;/m1./s1. The predicted molar refractivity (Wildman–Crippen MR) is 91.4 cm³/mol. The third kappa shape index (κ3) is 7.06. The molecule has 0 heterocycles. The van der Waals surface area contributed by atoms with Gasteiger partial charge in [0.15, 0.2) is 0 Å². The van der Waals surface area contributed by atoms with E-state index in [4.69, 9.17) is 5.73 Å². The molecule has 0 aromatic carbocycles. The summed E-state index contributed by atoms with van der Waals surface area (Å²) in [6, 6.07) is -1.64. The third-order valence-corrected chi connectivity index (χ3v) is 4.78. The molecule has 0 spiro atoms. The smallest absolute Gasteiger partial charge is 0.326 e. The molecule has 0 aliphatic heterocycles. The van der Waals surface area contributed by atoms with E-state index < -0.39 is 30.1 Å². The molecule has 4 atom stereocenters. The molecular weight excluding hydrogens is 320 g/mol. The second-order valence-electron chi connectivity index (χ2n) is 6.56. The van der Waals surface area contributed by atoms with Crippen LogP contribution in [0, 0.1) is 11.8 Å². The topological polar surface area (TPSA) is 113 Å². The zero-order chi connectivity index (χ0) is 16.7. The van der Waals surface area contributed by atoms with Gasteiger partial charge in [0.25, 0.3) is 5.91 Å². The fourth-order valence-corrected chi connectivity index (χ4v) is 3.05. The number of rotatable bonds is 8. The summed E-state index contributed by atoms with van der Waals surface area (Å²) in [7, 11) is 0. The number of carbonyl (C=O) groups excluding carboxylic acids is 1. The minimum absolute atomic E-state index is 0. The van der Waals surface area contributed by atoms with Gasteiger partial charge >= 0.3 is 5.97 Å². The Bertz CT molecular complexity index is 375. The summed E-state index contributed by atoms with van der Waals surface area (Å²) < 4.78 is 0. The number of nitrogens with one attached hydrogen (secondary N) is 1. The first kappa shape index (κ1) is 22.1. The predicted octanol–water partition coefficient (Wildman–Crippen LogP) is 1.68. The van der Waals surface area contributed by atoms with Crippen molar-refractivity contribution < 1.29 is 19.8 Å². The van der Waals surface area contributed by atoms with E-state index in [2.05, 4.69) is 5.32 Å². The summed E-state index contributed by atoms with van der Waals surface area (Å²) in [5.74, 6) is -1.52. The Balaban J connectivity index is 0.00000484. The van der Waals surface area contributed by atoms with Crippen molar-refractivity contribution >= 4 is 24.3 Å². The highest BCUT2D eigenvalue weighted by atomic mass is 35.5. The minimum atomic E-state index is -1.35. The number of carboxylic acids is 1. The average molecular weight is 351 g/mol. The van der Waals surface area contributed by atoms with Gasteiger partial charge in [-0.25, -0.2) is 4.79 Å². The Kier molecular flexibility index (Phi) is 10.4. The molecule has 0 radical (unpaired) electrons. The first-order valence-electron chi connectivity index (χ1n) is 8.33. The van der Waals surface area contributed by atoms with Crippen LogP contribution in [0.1, 0.15) is 58.8 Å². The van der Waals surface area contributed by atoms with E-state index in [-0.39, 0.29) is 18.3 Å². The lowest BCUT2D eigenvalue weighted by Crippen LogP contribution is -2.53. The molecule has 0 aromatic rings.